The molecule has 7 nitrogen and oxygen atoms in total. The largest absolute Gasteiger partial charge is 0.491 e. The number of benzene rings is 3. The Balaban J connectivity index is 1.29. The quantitative estimate of drug-likeness (QED) is 0.139. The number of Topliss-reactive ketones (excluding diaryl/α,β-unsaturated/α-hetero) is 1. The molecule has 0 aliphatic rings. The second kappa shape index (κ2) is 16.7. The first kappa shape index (κ1) is 28.6. The summed E-state index contributed by atoms with van der Waals surface area (Å²) >= 11 is 0. The van der Waals surface area contributed by atoms with Gasteiger partial charge in [-0.2, -0.15) is 0 Å². The average molecular weight is 519 g/mol. The summed E-state index contributed by atoms with van der Waals surface area (Å²) in [6.07, 6.45) is 1.89. The van der Waals surface area contributed by atoms with Crippen molar-refractivity contribution in [1.82, 2.24) is 0 Å². The van der Waals surface area contributed by atoms with Crippen molar-refractivity contribution in [3.05, 3.63) is 102 Å². The lowest BCUT2D eigenvalue weighted by molar-refractivity contribution is -0.147. The van der Waals surface area contributed by atoms with Crippen LogP contribution in [0.3, 0.4) is 0 Å². The van der Waals surface area contributed by atoms with Crippen LogP contribution in [0.1, 0.15) is 24.5 Å². The van der Waals surface area contributed by atoms with Crippen LogP contribution in [0.2, 0.25) is 0 Å². The Bertz CT molecular complexity index is 1080. The zero-order valence-electron chi connectivity index (χ0n) is 21.7. The summed E-state index contributed by atoms with van der Waals surface area (Å²) in [6, 6.07) is 27.9. The summed E-state index contributed by atoms with van der Waals surface area (Å²) in [4.78, 5) is 22.1. The van der Waals surface area contributed by atoms with Crippen molar-refractivity contribution in [2.75, 3.05) is 46.2 Å². The highest BCUT2D eigenvalue weighted by atomic mass is 16.6. The standard InChI is InChI=1S/C31H34O7/c1-25(32)24-31(33)38-23-20-35-19-22-37-29-14-12-28(13-15-29)36-21-18-34-17-16-30(26-8-4-2-5-9-26)27-10-6-3-7-11-27/h2-16H,17-24H2,1H3. The van der Waals surface area contributed by atoms with E-state index in [2.05, 4.69) is 30.3 Å². The molecule has 3 aromatic rings. The van der Waals surface area contributed by atoms with Crippen LogP contribution in [-0.4, -0.2) is 58.0 Å². The van der Waals surface area contributed by atoms with Crippen molar-refractivity contribution in [1.29, 1.82) is 0 Å². The summed E-state index contributed by atoms with van der Waals surface area (Å²) in [6.45, 7) is 3.80. The molecule has 0 amide bonds. The molecule has 200 valence electrons. The summed E-state index contributed by atoms with van der Waals surface area (Å²) in [5, 5.41) is 0. The molecule has 0 spiro atoms. The minimum Gasteiger partial charge on any atom is -0.491 e. The van der Waals surface area contributed by atoms with Crippen LogP contribution < -0.4 is 9.47 Å². The predicted molar refractivity (Wildman–Crippen MR) is 145 cm³/mol. The number of ether oxygens (including phenoxy) is 5. The molecule has 38 heavy (non-hydrogen) atoms. The molecular weight excluding hydrogens is 484 g/mol. The van der Waals surface area contributed by atoms with Gasteiger partial charge in [-0.1, -0.05) is 66.7 Å². The lowest BCUT2D eigenvalue weighted by atomic mass is 9.98. The number of hydrogen-bond acceptors (Lipinski definition) is 7. The highest BCUT2D eigenvalue weighted by Gasteiger charge is 2.06. The fraction of sp³-hybridized carbons (Fsp3) is 0.290. The molecule has 0 heterocycles. The maximum absolute atomic E-state index is 11.2. The predicted octanol–water partition coefficient (Wildman–Crippen LogP) is 5.13. The van der Waals surface area contributed by atoms with Crippen molar-refractivity contribution in [2.45, 2.75) is 13.3 Å². The Morgan fingerprint density at radius 2 is 1.13 bits per heavy atom. The van der Waals surface area contributed by atoms with E-state index in [1.54, 1.807) is 0 Å². The Kier molecular flexibility index (Phi) is 12.6. The molecule has 0 aromatic heterocycles. The molecule has 7 heteroatoms. The highest BCUT2D eigenvalue weighted by molar-refractivity contribution is 5.94. The van der Waals surface area contributed by atoms with E-state index in [1.807, 2.05) is 60.7 Å². The lowest BCUT2D eigenvalue weighted by Crippen LogP contribution is -2.15. The Morgan fingerprint density at radius 3 is 1.66 bits per heavy atom. The van der Waals surface area contributed by atoms with Crippen LogP contribution in [0.5, 0.6) is 11.5 Å². The third-order valence-corrected chi connectivity index (χ3v) is 5.28. The van der Waals surface area contributed by atoms with Gasteiger partial charge in [0.05, 0.1) is 26.4 Å². The fourth-order valence-corrected chi connectivity index (χ4v) is 3.50. The van der Waals surface area contributed by atoms with Crippen molar-refractivity contribution < 1.29 is 33.3 Å². The maximum Gasteiger partial charge on any atom is 0.313 e. The molecule has 0 saturated carbocycles. The number of carbonyl (C=O) groups excluding carboxylic acids is 2. The molecular formula is C31H34O7. The van der Waals surface area contributed by atoms with Gasteiger partial charge in [-0.3, -0.25) is 9.59 Å². The molecule has 0 atom stereocenters. The number of carbonyl (C=O) groups is 2. The first-order valence-electron chi connectivity index (χ1n) is 12.6. The van der Waals surface area contributed by atoms with Crippen molar-refractivity contribution in [3.63, 3.8) is 0 Å². The first-order valence-corrected chi connectivity index (χ1v) is 12.6. The smallest absolute Gasteiger partial charge is 0.313 e. The summed E-state index contributed by atoms with van der Waals surface area (Å²) < 4.78 is 27.4. The van der Waals surface area contributed by atoms with Crippen LogP contribution in [0.4, 0.5) is 0 Å². The zero-order valence-corrected chi connectivity index (χ0v) is 21.7. The molecule has 3 rings (SSSR count). The van der Waals surface area contributed by atoms with Crippen LogP contribution in [0.15, 0.2) is 91.0 Å². The van der Waals surface area contributed by atoms with E-state index in [0.29, 0.717) is 38.8 Å². The van der Waals surface area contributed by atoms with Gasteiger partial charge >= 0.3 is 5.97 Å². The molecule has 0 aliphatic carbocycles. The normalized spacial score (nSPS) is 10.4. The molecule has 3 aromatic carbocycles. The molecule has 0 saturated heterocycles. The van der Waals surface area contributed by atoms with E-state index in [1.165, 1.54) is 6.92 Å². The van der Waals surface area contributed by atoms with Crippen LogP contribution >= 0.6 is 0 Å². The van der Waals surface area contributed by atoms with Gasteiger partial charge in [-0.15, -0.1) is 0 Å². The Morgan fingerprint density at radius 1 is 0.632 bits per heavy atom. The van der Waals surface area contributed by atoms with E-state index < -0.39 is 5.97 Å². The monoisotopic (exact) mass is 518 g/mol. The van der Waals surface area contributed by atoms with Gasteiger partial charge in [0.1, 0.15) is 43.5 Å². The number of ketones is 1. The van der Waals surface area contributed by atoms with E-state index >= 15 is 0 Å². The van der Waals surface area contributed by atoms with Crippen molar-refractivity contribution >= 4 is 17.3 Å². The van der Waals surface area contributed by atoms with Gasteiger partial charge in [-0.05, 0) is 47.9 Å². The van der Waals surface area contributed by atoms with Gasteiger partial charge < -0.3 is 23.7 Å². The van der Waals surface area contributed by atoms with Gasteiger partial charge in [0.15, 0.2) is 0 Å². The van der Waals surface area contributed by atoms with Crippen LogP contribution in [0, 0.1) is 0 Å². The summed E-state index contributed by atoms with van der Waals surface area (Å²) in [7, 11) is 0. The second-order valence-electron chi connectivity index (χ2n) is 8.30. The molecule has 0 fully saturated rings. The molecule has 0 radical (unpaired) electrons. The summed E-state index contributed by atoms with van der Waals surface area (Å²) in [5.74, 6) is 0.668. The topological polar surface area (TPSA) is 80.3 Å². The van der Waals surface area contributed by atoms with E-state index in [4.69, 9.17) is 23.7 Å². The minimum atomic E-state index is -0.539. The first-order chi connectivity index (χ1) is 18.6. The zero-order chi connectivity index (χ0) is 26.8. The van der Waals surface area contributed by atoms with Gasteiger partial charge in [-0.25, -0.2) is 0 Å². The van der Waals surface area contributed by atoms with Gasteiger partial charge in [0.2, 0.25) is 0 Å². The number of rotatable bonds is 17. The second-order valence-corrected chi connectivity index (χ2v) is 8.30. The highest BCUT2D eigenvalue weighted by Crippen LogP contribution is 2.23. The van der Waals surface area contributed by atoms with Gasteiger partial charge in [0, 0.05) is 0 Å². The van der Waals surface area contributed by atoms with E-state index in [-0.39, 0.29) is 25.4 Å². The van der Waals surface area contributed by atoms with Crippen molar-refractivity contribution in [3.8, 4) is 11.5 Å². The SMILES string of the molecule is CC(=O)CC(=O)OCCOCCOc1ccc(OCCOCC=C(c2ccccc2)c2ccccc2)cc1. The lowest BCUT2D eigenvalue weighted by Gasteiger charge is -2.10. The fourth-order valence-electron chi connectivity index (χ4n) is 3.50. The molecule has 0 bridgehead atoms. The third-order valence-electron chi connectivity index (χ3n) is 5.28. The van der Waals surface area contributed by atoms with E-state index in [0.717, 1.165) is 22.4 Å². The van der Waals surface area contributed by atoms with Crippen LogP contribution in [0.25, 0.3) is 5.57 Å². The summed E-state index contributed by atoms with van der Waals surface area (Å²) in [5.41, 5.74) is 3.44. The third kappa shape index (κ3) is 11.0. The Hall–Kier alpha value is -3.94. The van der Waals surface area contributed by atoms with Gasteiger partial charge in [0.25, 0.3) is 0 Å². The average Bonchev–Trinajstić information content (AvgIpc) is 2.93. The number of hydrogen-bond donors (Lipinski definition) is 0. The van der Waals surface area contributed by atoms with Crippen molar-refractivity contribution in [2.24, 2.45) is 0 Å². The molecule has 0 aliphatic heterocycles. The minimum absolute atomic E-state index is 0.110. The molecule has 0 unspecified atom stereocenters. The van der Waals surface area contributed by atoms with Crippen LogP contribution in [-0.2, 0) is 23.8 Å². The number of esters is 1. The van der Waals surface area contributed by atoms with E-state index in [9.17, 15) is 9.59 Å². The maximum atomic E-state index is 11.2. The Labute approximate surface area is 223 Å². The molecule has 0 N–H and O–H groups in total.